The van der Waals surface area contributed by atoms with Gasteiger partial charge in [0.25, 0.3) is 0 Å². The normalized spacial score (nSPS) is 10.3. The van der Waals surface area contributed by atoms with Crippen LogP contribution in [-0.2, 0) is 0 Å². The van der Waals surface area contributed by atoms with E-state index in [1.807, 2.05) is 25.1 Å². The molecule has 1 heterocycles. The Hall–Kier alpha value is -2.51. The summed E-state index contributed by atoms with van der Waals surface area (Å²) >= 11 is 1.56. The van der Waals surface area contributed by atoms with Crippen molar-refractivity contribution in [1.29, 1.82) is 0 Å². The number of hydrogen-bond donors (Lipinski definition) is 2. The second-order valence-electron chi connectivity index (χ2n) is 5.10. The number of phenols is 1. The minimum absolute atomic E-state index is 0.192. The van der Waals surface area contributed by atoms with Gasteiger partial charge < -0.3 is 10.4 Å². The highest BCUT2D eigenvalue weighted by atomic mass is 32.1. The fraction of sp³-hybridized carbons (Fsp3) is 0.167. The first-order valence-corrected chi connectivity index (χ1v) is 7.83. The molecule has 0 fully saturated rings. The fourth-order valence-corrected chi connectivity index (χ4v) is 3.05. The van der Waals surface area contributed by atoms with E-state index >= 15 is 0 Å². The van der Waals surface area contributed by atoms with Crippen molar-refractivity contribution in [2.24, 2.45) is 0 Å². The highest BCUT2D eigenvalue weighted by molar-refractivity contribution is 7.18. The molecule has 22 heavy (non-hydrogen) atoms. The Kier molecular flexibility index (Phi) is 3.99. The minimum Gasteiger partial charge on any atom is -0.506 e. The van der Waals surface area contributed by atoms with E-state index in [-0.39, 0.29) is 5.75 Å². The summed E-state index contributed by atoms with van der Waals surface area (Å²) in [5.41, 5.74) is 3.75. The summed E-state index contributed by atoms with van der Waals surface area (Å²) in [7, 11) is 0. The number of aromatic hydroxyl groups is 1. The zero-order chi connectivity index (χ0) is 15.5. The van der Waals surface area contributed by atoms with E-state index in [1.54, 1.807) is 17.4 Å². The highest BCUT2D eigenvalue weighted by Gasteiger charge is 2.06. The minimum atomic E-state index is 0.192. The van der Waals surface area contributed by atoms with Crippen LogP contribution >= 0.6 is 11.3 Å². The average Bonchev–Trinajstić information content (AvgIpc) is 2.86. The second-order valence-corrected chi connectivity index (χ2v) is 6.33. The van der Waals surface area contributed by atoms with Gasteiger partial charge in [-0.25, -0.2) is 4.98 Å². The summed E-state index contributed by atoms with van der Waals surface area (Å²) in [6, 6.07) is 11.8. The molecule has 0 aliphatic carbocycles. The van der Waals surface area contributed by atoms with Gasteiger partial charge in [-0.2, -0.15) is 0 Å². The number of benzene rings is 2. The number of hydrogen-bond acceptors (Lipinski definition) is 4. The Labute approximate surface area is 133 Å². The maximum Gasteiger partial charge on any atom is 0.143 e. The van der Waals surface area contributed by atoms with Gasteiger partial charge in [0.1, 0.15) is 11.3 Å². The molecule has 3 nitrogen and oxygen atoms in total. The summed E-state index contributed by atoms with van der Waals surface area (Å²) in [5.74, 6) is 6.34. The van der Waals surface area contributed by atoms with Crippen molar-refractivity contribution in [2.45, 2.75) is 13.8 Å². The standard InChI is InChI=1S/C18H16N2OS/c1-12-5-7-15(8-6-12)19-9-3-4-14-10-16(21)18-17(11-14)22-13(2)20-18/h5-8,10-11,19,21H,9H2,1-2H3. The molecule has 0 amide bonds. The summed E-state index contributed by atoms with van der Waals surface area (Å²) in [4.78, 5) is 4.30. The molecule has 110 valence electrons. The van der Waals surface area contributed by atoms with Gasteiger partial charge in [-0.15, -0.1) is 11.3 Å². The van der Waals surface area contributed by atoms with Crippen LogP contribution in [0.2, 0.25) is 0 Å². The summed E-state index contributed by atoms with van der Waals surface area (Å²) in [5, 5.41) is 14.2. The van der Waals surface area contributed by atoms with Crippen LogP contribution in [-0.4, -0.2) is 16.6 Å². The van der Waals surface area contributed by atoms with Gasteiger partial charge in [0, 0.05) is 11.3 Å². The Balaban J connectivity index is 1.72. The van der Waals surface area contributed by atoms with Crippen molar-refractivity contribution in [3.8, 4) is 17.6 Å². The lowest BCUT2D eigenvalue weighted by Crippen LogP contribution is -1.98. The largest absolute Gasteiger partial charge is 0.506 e. The van der Waals surface area contributed by atoms with Crippen LogP contribution in [0.3, 0.4) is 0 Å². The van der Waals surface area contributed by atoms with E-state index in [2.05, 4.69) is 41.2 Å². The van der Waals surface area contributed by atoms with Gasteiger partial charge in [-0.3, -0.25) is 0 Å². The first kappa shape index (κ1) is 14.4. The Morgan fingerprint density at radius 1 is 1.18 bits per heavy atom. The highest BCUT2D eigenvalue weighted by Crippen LogP contribution is 2.30. The zero-order valence-corrected chi connectivity index (χ0v) is 13.3. The van der Waals surface area contributed by atoms with Gasteiger partial charge in [0.15, 0.2) is 0 Å². The van der Waals surface area contributed by atoms with E-state index in [1.165, 1.54) is 5.56 Å². The molecule has 0 radical (unpaired) electrons. The lowest BCUT2D eigenvalue weighted by Gasteiger charge is -2.01. The molecule has 3 rings (SSSR count). The molecule has 0 saturated carbocycles. The number of phenolic OH excluding ortho intramolecular Hbond substituents is 1. The topological polar surface area (TPSA) is 45.1 Å². The van der Waals surface area contributed by atoms with Crippen LogP contribution in [0.15, 0.2) is 36.4 Å². The first-order chi connectivity index (χ1) is 10.6. The molecule has 1 aromatic heterocycles. The monoisotopic (exact) mass is 308 g/mol. The van der Waals surface area contributed by atoms with Crippen molar-refractivity contribution >= 4 is 27.2 Å². The average molecular weight is 308 g/mol. The summed E-state index contributed by atoms with van der Waals surface area (Å²) in [6.45, 7) is 4.55. The molecule has 0 bridgehead atoms. The van der Waals surface area contributed by atoms with E-state index < -0.39 is 0 Å². The Morgan fingerprint density at radius 2 is 1.95 bits per heavy atom. The quantitative estimate of drug-likeness (QED) is 0.701. The van der Waals surface area contributed by atoms with Gasteiger partial charge in [-0.1, -0.05) is 29.5 Å². The third kappa shape index (κ3) is 3.21. The number of rotatable bonds is 2. The van der Waals surface area contributed by atoms with Crippen LogP contribution in [0.5, 0.6) is 5.75 Å². The number of nitrogens with zero attached hydrogens (tertiary/aromatic N) is 1. The van der Waals surface area contributed by atoms with E-state index in [0.717, 1.165) is 21.0 Å². The lowest BCUT2D eigenvalue weighted by atomic mass is 10.2. The van der Waals surface area contributed by atoms with E-state index in [4.69, 9.17) is 0 Å². The maximum absolute atomic E-state index is 9.99. The van der Waals surface area contributed by atoms with Gasteiger partial charge in [-0.05, 0) is 38.1 Å². The molecule has 3 aromatic rings. The van der Waals surface area contributed by atoms with Crippen molar-refractivity contribution in [3.63, 3.8) is 0 Å². The zero-order valence-electron chi connectivity index (χ0n) is 12.5. The van der Waals surface area contributed by atoms with Crippen molar-refractivity contribution in [2.75, 3.05) is 11.9 Å². The molecular weight excluding hydrogens is 292 g/mol. The van der Waals surface area contributed by atoms with Crippen molar-refractivity contribution in [1.82, 2.24) is 4.98 Å². The summed E-state index contributed by atoms with van der Waals surface area (Å²) < 4.78 is 0.966. The SMILES string of the molecule is Cc1ccc(NCC#Cc2cc(O)c3nc(C)sc3c2)cc1. The molecule has 2 N–H and O–H groups in total. The molecule has 0 aliphatic rings. The molecule has 0 aliphatic heterocycles. The molecule has 0 spiro atoms. The predicted molar refractivity (Wildman–Crippen MR) is 92.6 cm³/mol. The van der Waals surface area contributed by atoms with Gasteiger partial charge >= 0.3 is 0 Å². The van der Waals surface area contributed by atoms with Crippen LogP contribution in [0, 0.1) is 25.7 Å². The van der Waals surface area contributed by atoms with E-state index in [9.17, 15) is 5.11 Å². The molecular formula is C18H16N2OS. The smallest absolute Gasteiger partial charge is 0.143 e. The second kappa shape index (κ2) is 6.08. The number of anilines is 1. The van der Waals surface area contributed by atoms with Crippen LogP contribution in [0.1, 0.15) is 16.1 Å². The fourth-order valence-electron chi connectivity index (χ4n) is 2.16. The predicted octanol–water partition coefficient (Wildman–Crippen LogP) is 4.08. The van der Waals surface area contributed by atoms with Crippen LogP contribution in [0.4, 0.5) is 5.69 Å². The number of aromatic nitrogens is 1. The first-order valence-electron chi connectivity index (χ1n) is 7.01. The molecule has 2 aromatic carbocycles. The molecule has 4 heteroatoms. The summed E-state index contributed by atoms with van der Waals surface area (Å²) in [6.07, 6.45) is 0. The maximum atomic E-state index is 9.99. The van der Waals surface area contributed by atoms with Crippen LogP contribution < -0.4 is 5.32 Å². The molecule has 0 atom stereocenters. The molecule has 0 saturated heterocycles. The number of fused-ring (bicyclic) bond motifs is 1. The van der Waals surface area contributed by atoms with Gasteiger partial charge in [0.05, 0.1) is 16.3 Å². The van der Waals surface area contributed by atoms with Crippen molar-refractivity contribution in [3.05, 3.63) is 52.5 Å². The number of aryl methyl sites for hydroxylation is 2. The van der Waals surface area contributed by atoms with Crippen molar-refractivity contribution < 1.29 is 5.11 Å². The van der Waals surface area contributed by atoms with Crippen LogP contribution in [0.25, 0.3) is 10.2 Å². The third-order valence-electron chi connectivity index (χ3n) is 3.25. The lowest BCUT2D eigenvalue weighted by molar-refractivity contribution is 0.480. The van der Waals surface area contributed by atoms with E-state index in [0.29, 0.717) is 12.1 Å². The Bertz CT molecular complexity index is 870. The van der Waals surface area contributed by atoms with Gasteiger partial charge in [0.2, 0.25) is 0 Å². The third-order valence-corrected chi connectivity index (χ3v) is 4.16. The number of thiazole rings is 1. The Morgan fingerprint density at radius 3 is 2.73 bits per heavy atom. The molecule has 0 unspecified atom stereocenters. The number of nitrogens with one attached hydrogen (secondary N) is 1.